The summed E-state index contributed by atoms with van der Waals surface area (Å²) in [5, 5.41) is 9.19. The number of fused-ring (bicyclic) bond motifs is 1. The van der Waals surface area contributed by atoms with Crippen LogP contribution in [0.5, 0.6) is 11.5 Å². The molecule has 1 aromatic carbocycles. The van der Waals surface area contributed by atoms with Crippen LogP contribution >= 0.6 is 0 Å². The molecule has 1 N–H and O–H groups in total. The van der Waals surface area contributed by atoms with Gasteiger partial charge in [0.15, 0.2) is 21.3 Å². The maximum atomic E-state index is 13.0. The Morgan fingerprint density at radius 3 is 2.74 bits per heavy atom. The molecule has 2 aliphatic rings. The minimum Gasteiger partial charge on any atom is -0.480 e. The molecule has 2 heterocycles. The molecule has 0 radical (unpaired) electrons. The molecule has 1 atom stereocenters. The van der Waals surface area contributed by atoms with E-state index in [1.54, 1.807) is 0 Å². The molecule has 0 aromatic heterocycles. The standard InChI is InChI=1S/C13H13F2NO6S/c14-13(15)21-10-2-1-8(5-11(10)22-13)6-16-3-4-23(19,20)7-9(16)12(17)18/h1-2,5,9H,3-4,6-7H2,(H,17,18). The van der Waals surface area contributed by atoms with Crippen LogP contribution < -0.4 is 9.47 Å². The molecule has 23 heavy (non-hydrogen) atoms. The van der Waals surface area contributed by atoms with Crippen molar-refractivity contribution in [3.8, 4) is 11.5 Å². The SMILES string of the molecule is O=C(O)C1CS(=O)(=O)CCN1Cc1ccc2c(c1)OC(F)(F)O2. The Hall–Kier alpha value is -1.94. The Kier molecular flexibility index (Phi) is 3.68. The highest BCUT2D eigenvalue weighted by Gasteiger charge is 2.43. The first kappa shape index (κ1) is 15.9. The molecule has 1 unspecified atom stereocenters. The number of hydrogen-bond donors (Lipinski definition) is 1. The smallest absolute Gasteiger partial charge is 0.480 e. The summed E-state index contributed by atoms with van der Waals surface area (Å²) in [5.74, 6) is -2.08. The van der Waals surface area contributed by atoms with Gasteiger partial charge in [-0.25, -0.2) is 8.42 Å². The van der Waals surface area contributed by atoms with Gasteiger partial charge in [0, 0.05) is 13.1 Å². The number of nitrogens with zero attached hydrogens (tertiary/aromatic N) is 1. The number of aliphatic carboxylic acids is 1. The van der Waals surface area contributed by atoms with Crippen LogP contribution in [-0.4, -0.2) is 54.8 Å². The number of carboxylic acid groups (broad SMARTS) is 1. The maximum absolute atomic E-state index is 13.0. The Morgan fingerprint density at radius 2 is 2.04 bits per heavy atom. The van der Waals surface area contributed by atoms with E-state index in [1.807, 2.05) is 0 Å². The van der Waals surface area contributed by atoms with Gasteiger partial charge >= 0.3 is 12.3 Å². The van der Waals surface area contributed by atoms with E-state index in [2.05, 4.69) is 9.47 Å². The molecular formula is C13H13F2NO6S. The van der Waals surface area contributed by atoms with Gasteiger partial charge in [0.2, 0.25) is 0 Å². The second-order valence-corrected chi connectivity index (χ2v) is 7.62. The number of hydrogen-bond acceptors (Lipinski definition) is 6. The van der Waals surface area contributed by atoms with E-state index in [1.165, 1.54) is 23.1 Å². The fraction of sp³-hybridized carbons (Fsp3) is 0.462. The van der Waals surface area contributed by atoms with Gasteiger partial charge in [-0.05, 0) is 17.7 Å². The van der Waals surface area contributed by atoms with Gasteiger partial charge in [0.1, 0.15) is 6.04 Å². The zero-order valence-electron chi connectivity index (χ0n) is 11.7. The van der Waals surface area contributed by atoms with Gasteiger partial charge in [-0.1, -0.05) is 6.07 Å². The van der Waals surface area contributed by atoms with Crippen LogP contribution in [0.3, 0.4) is 0 Å². The first-order valence-electron chi connectivity index (χ1n) is 6.71. The number of benzene rings is 1. The van der Waals surface area contributed by atoms with Gasteiger partial charge in [0.05, 0.1) is 11.5 Å². The molecule has 1 saturated heterocycles. The first-order valence-corrected chi connectivity index (χ1v) is 8.53. The summed E-state index contributed by atoms with van der Waals surface area (Å²) in [6.07, 6.45) is -3.72. The molecule has 126 valence electrons. The minimum atomic E-state index is -3.72. The van der Waals surface area contributed by atoms with Crippen molar-refractivity contribution in [1.29, 1.82) is 0 Å². The van der Waals surface area contributed by atoms with Gasteiger partial charge in [-0.15, -0.1) is 8.78 Å². The molecule has 0 bridgehead atoms. The minimum absolute atomic E-state index is 0.0594. The summed E-state index contributed by atoms with van der Waals surface area (Å²) >= 11 is 0. The topological polar surface area (TPSA) is 93.1 Å². The summed E-state index contributed by atoms with van der Waals surface area (Å²) in [6, 6.07) is 2.98. The first-order chi connectivity index (χ1) is 10.7. The highest BCUT2D eigenvalue weighted by Crippen LogP contribution is 2.41. The number of rotatable bonds is 3. The van der Waals surface area contributed by atoms with Crippen molar-refractivity contribution in [2.24, 2.45) is 0 Å². The lowest BCUT2D eigenvalue weighted by Crippen LogP contribution is -2.51. The van der Waals surface area contributed by atoms with Crippen molar-refractivity contribution in [1.82, 2.24) is 4.90 Å². The zero-order chi connectivity index (χ0) is 16.8. The predicted octanol–water partition coefficient (Wildman–Crippen LogP) is 0.692. The number of carbonyl (C=O) groups is 1. The van der Waals surface area contributed by atoms with E-state index in [-0.39, 0.29) is 30.3 Å². The number of ether oxygens (including phenoxy) is 2. The largest absolute Gasteiger partial charge is 0.586 e. The van der Waals surface area contributed by atoms with Gasteiger partial charge in [-0.3, -0.25) is 9.69 Å². The molecule has 3 rings (SSSR count). The van der Waals surface area contributed by atoms with Crippen LogP contribution in [0.2, 0.25) is 0 Å². The lowest BCUT2D eigenvalue weighted by Gasteiger charge is -2.32. The van der Waals surface area contributed by atoms with Crippen LogP contribution in [0.25, 0.3) is 0 Å². The molecule has 0 spiro atoms. The third-order valence-corrected chi connectivity index (χ3v) is 5.31. The zero-order valence-corrected chi connectivity index (χ0v) is 12.6. The summed E-state index contributed by atoms with van der Waals surface area (Å²) in [6.45, 7) is 0.165. The van der Waals surface area contributed by atoms with Crippen molar-refractivity contribution in [2.75, 3.05) is 18.1 Å². The monoisotopic (exact) mass is 349 g/mol. The third-order valence-electron chi connectivity index (χ3n) is 3.68. The molecule has 2 aliphatic heterocycles. The van der Waals surface area contributed by atoms with E-state index in [9.17, 15) is 27.1 Å². The van der Waals surface area contributed by atoms with Crippen LogP contribution in [0.1, 0.15) is 5.56 Å². The highest BCUT2D eigenvalue weighted by molar-refractivity contribution is 7.91. The van der Waals surface area contributed by atoms with E-state index in [4.69, 9.17) is 0 Å². The van der Waals surface area contributed by atoms with Gasteiger partial charge in [-0.2, -0.15) is 0 Å². The van der Waals surface area contributed by atoms with Crippen molar-refractivity contribution in [3.63, 3.8) is 0 Å². The molecule has 1 fully saturated rings. The van der Waals surface area contributed by atoms with Gasteiger partial charge < -0.3 is 14.6 Å². The summed E-state index contributed by atoms with van der Waals surface area (Å²) in [7, 11) is -3.39. The fourth-order valence-electron chi connectivity index (χ4n) is 2.58. The molecule has 7 nitrogen and oxygen atoms in total. The lowest BCUT2D eigenvalue weighted by atomic mass is 10.1. The summed E-state index contributed by atoms with van der Waals surface area (Å²) in [4.78, 5) is 12.8. The molecular weight excluding hydrogens is 336 g/mol. The Morgan fingerprint density at radius 1 is 1.35 bits per heavy atom. The Bertz CT molecular complexity index is 751. The fourth-order valence-corrected chi connectivity index (χ4v) is 4.10. The average Bonchev–Trinajstić information content (AvgIpc) is 2.73. The highest BCUT2D eigenvalue weighted by atomic mass is 32.2. The number of alkyl halides is 2. The maximum Gasteiger partial charge on any atom is 0.586 e. The van der Waals surface area contributed by atoms with Crippen molar-refractivity contribution in [2.45, 2.75) is 18.9 Å². The Labute approximate surface area is 130 Å². The molecule has 1 aromatic rings. The Balaban J connectivity index is 1.78. The normalized spacial score (nSPS) is 25.2. The van der Waals surface area contributed by atoms with E-state index >= 15 is 0 Å². The predicted molar refractivity (Wildman–Crippen MR) is 73.1 cm³/mol. The van der Waals surface area contributed by atoms with Crippen LogP contribution in [0, 0.1) is 0 Å². The number of halogens is 2. The van der Waals surface area contributed by atoms with Crippen LogP contribution in [0.15, 0.2) is 18.2 Å². The average molecular weight is 349 g/mol. The molecule has 10 heteroatoms. The van der Waals surface area contributed by atoms with Crippen LogP contribution in [0.4, 0.5) is 8.78 Å². The summed E-state index contributed by atoms with van der Waals surface area (Å²) < 4.78 is 57.7. The second kappa shape index (κ2) is 5.31. The molecule has 0 aliphatic carbocycles. The second-order valence-electron chi connectivity index (χ2n) is 5.39. The van der Waals surface area contributed by atoms with E-state index < -0.39 is 33.9 Å². The number of sulfone groups is 1. The lowest BCUT2D eigenvalue weighted by molar-refractivity contribution is -0.286. The molecule has 0 amide bonds. The van der Waals surface area contributed by atoms with Crippen molar-refractivity contribution < 1.29 is 36.6 Å². The quantitative estimate of drug-likeness (QED) is 0.858. The van der Waals surface area contributed by atoms with E-state index in [0.717, 1.165) is 0 Å². The van der Waals surface area contributed by atoms with E-state index in [0.29, 0.717) is 5.56 Å². The summed E-state index contributed by atoms with van der Waals surface area (Å²) in [5.41, 5.74) is 0.524. The molecule has 0 saturated carbocycles. The third kappa shape index (κ3) is 3.37. The van der Waals surface area contributed by atoms with Gasteiger partial charge in [0.25, 0.3) is 0 Å². The number of carboxylic acids is 1. The van der Waals surface area contributed by atoms with Crippen LogP contribution in [-0.2, 0) is 21.2 Å². The van der Waals surface area contributed by atoms with Crippen molar-refractivity contribution >= 4 is 15.8 Å². The van der Waals surface area contributed by atoms with Crippen molar-refractivity contribution in [3.05, 3.63) is 23.8 Å².